The standard InChI is InChI=1S/C8H15N3O/c1-6(7-2-3-7)4-8(5-12)10-11-9/h6-8,12H,2-5H2,1H3. The molecule has 4 heteroatoms. The van der Waals surface area contributed by atoms with Gasteiger partial charge in [-0.2, -0.15) is 0 Å². The Labute approximate surface area is 72.2 Å². The third kappa shape index (κ3) is 2.72. The Morgan fingerprint density at radius 2 is 2.33 bits per heavy atom. The SMILES string of the molecule is CC(CC(CO)N=[N+]=[N-])C1CC1. The first-order valence-corrected chi connectivity index (χ1v) is 4.43. The monoisotopic (exact) mass is 169 g/mol. The topological polar surface area (TPSA) is 69.0 Å². The molecule has 1 rings (SSSR count). The van der Waals surface area contributed by atoms with Crippen molar-refractivity contribution in [3.05, 3.63) is 10.4 Å². The molecule has 68 valence electrons. The molecule has 0 aromatic heterocycles. The van der Waals surface area contributed by atoms with E-state index in [4.69, 9.17) is 10.6 Å². The molecule has 0 aromatic rings. The molecule has 1 aliphatic rings. The summed E-state index contributed by atoms with van der Waals surface area (Å²) in [6.07, 6.45) is 3.43. The third-order valence-electron chi connectivity index (χ3n) is 2.50. The molecule has 2 atom stereocenters. The number of nitrogens with zero attached hydrogens (tertiary/aromatic N) is 3. The lowest BCUT2D eigenvalue weighted by Gasteiger charge is -2.13. The Hall–Kier alpha value is -0.730. The van der Waals surface area contributed by atoms with Gasteiger partial charge in [0.2, 0.25) is 0 Å². The molecular weight excluding hydrogens is 154 g/mol. The van der Waals surface area contributed by atoms with Crippen molar-refractivity contribution in [2.45, 2.75) is 32.2 Å². The molecular formula is C8H15N3O. The summed E-state index contributed by atoms with van der Waals surface area (Å²) in [5, 5.41) is 12.4. The molecule has 0 heterocycles. The van der Waals surface area contributed by atoms with Crippen molar-refractivity contribution < 1.29 is 5.11 Å². The molecule has 0 amide bonds. The van der Waals surface area contributed by atoms with Crippen LogP contribution in [0.4, 0.5) is 0 Å². The van der Waals surface area contributed by atoms with Gasteiger partial charge in [0.15, 0.2) is 0 Å². The lowest BCUT2D eigenvalue weighted by atomic mass is 9.98. The first kappa shape index (κ1) is 9.36. The summed E-state index contributed by atoms with van der Waals surface area (Å²) in [4.78, 5) is 2.70. The number of aliphatic hydroxyl groups excluding tert-OH is 1. The highest BCUT2D eigenvalue weighted by Gasteiger charge is 2.29. The second kappa shape index (κ2) is 4.33. The van der Waals surface area contributed by atoms with Gasteiger partial charge in [-0.15, -0.1) is 0 Å². The van der Waals surface area contributed by atoms with Crippen molar-refractivity contribution in [2.75, 3.05) is 6.61 Å². The van der Waals surface area contributed by atoms with E-state index in [1.165, 1.54) is 12.8 Å². The molecule has 0 spiro atoms. The lowest BCUT2D eigenvalue weighted by molar-refractivity contribution is 0.242. The van der Waals surface area contributed by atoms with Crippen molar-refractivity contribution in [2.24, 2.45) is 17.0 Å². The third-order valence-corrected chi connectivity index (χ3v) is 2.50. The molecule has 0 aliphatic heterocycles. The molecule has 1 fully saturated rings. The van der Waals surface area contributed by atoms with Crippen LogP contribution in [0.3, 0.4) is 0 Å². The maximum Gasteiger partial charge on any atom is 0.0608 e. The van der Waals surface area contributed by atoms with Crippen LogP contribution in [0.25, 0.3) is 10.4 Å². The van der Waals surface area contributed by atoms with Gasteiger partial charge in [-0.05, 0) is 36.6 Å². The largest absolute Gasteiger partial charge is 0.396 e. The number of rotatable bonds is 5. The van der Waals surface area contributed by atoms with Crippen molar-refractivity contribution in [1.82, 2.24) is 0 Å². The van der Waals surface area contributed by atoms with Crippen LogP contribution in [0.2, 0.25) is 0 Å². The summed E-state index contributed by atoms with van der Waals surface area (Å²) >= 11 is 0. The van der Waals surface area contributed by atoms with E-state index in [0.29, 0.717) is 5.92 Å². The summed E-state index contributed by atoms with van der Waals surface area (Å²) in [5.74, 6) is 1.40. The fraction of sp³-hybridized carbons (Fsp3) is 1.00. The average Bonchev–Trinajstić information content (AvgIpc) is 2.85. The van der Waals surface area contributed by atoms with Gasteiger partial charge in [0.05, 0.1) is 12.6 Å². The predicted molar refractivity (Wildman–Crippen MR) is 46.5 cm³/mol. The first-order valence-electron chi connectivity index (χ1n) is 4.43. The van der Waals surface area contributed by atoms with E-state index in [9.17, 15) is 0 Å². The summed E-state index contributed by atoms with van der Waals surface area (Å²) in [6.45, 7) is 2.13. The summed E-state index contributed by atoms with van der Waals surface area (Å²) < 4.78 is 0. The fourth-order valence-corrected chi connectivity index (χ4v) is 1.52. The van der Waals surface area contributed by atoms with E-state index in [0.717, 1.165) is 12.3 Å². The minimum absolute atomic E-state index is 0.0267. The minimum atomic E-state index is -0.217. The number of hydrogen-bond acceptors (Lipinski definition) is 2. The van der Waals surface area contributed by atoms with Gasteiger partial charge < -0.3 is 5.11 Å². The summed E-state index contributed by atoms with van der Waals surface area (Å²) in [5.41, 5.74) is 8.18. The van der Waals surface area contributed by atoms with E-state index in [1.54, 1.807) is 0 Å². The molecule has 0 saturated heterocycles. The summed E-state index contributed by atoms with van der Waals surface area (Å²) in [7, 11) is 0. The van der Waals surface area contributed by atoms with E-state index in [2.05, 4.69) is 16.9 Å². The fourth-order valence-electron chi connectivity index (χ4n) is 1.52. The van der Waals surface area contributed by atoms with Crippen molar-refractivity contribution in [3.63, 3.8) is 0 Å². The van der Waals surface area contributed by atoms with Crippen LogP contribution in [-0.2, 0) is 0 Å². The van der Waals surface area contributed by atoms with Gasteiger partial charge in [-0.1, -0.05) is 12.0 Å². The Morgan fingerprint density at radius 1 is 1.67 bits per heavy atom. The number of azide groups is 1. The molecule has 0 bridgehead atoms. The molecule has 12 heavy (non-hydrogen) atoms. The Kier molecular flexibility index (Phi) is 3.38. The predicted octanol–water partition coefficient (Wildman–Crippen LogP) is 2.09. The van der Waals surface area contributed by atoms with Crippen LogP contribution in [-0.4, -0.2) is 17.8 Å². The molecule has 2 unspecified atom stereocenters. The quantitative estimate of drug-likeness (QED) is 0.382. The van der Waals surface area contributed by atoms with E-state index in [-0.39, 0.29) is 12.6 Å². The smallest absolute Gasteiger partial charge is 0.0608 e. The van der Waals surface area contributed by atoms with E-state index in [1.807, 2.05) is 0 Å². The van der Waals surface area contributed by atoms with Crippen LogP contribution < -0.4 is 0 Å². The Morgan fingerprint density at radius 3 is 2.75 bits per heavy atom. The molecule has 1 N–H and O–H groups in total. The van der Waals surface area contributed by atoms with Crippen LogP contribution in [0.5, 0.6) is 0 Å². The highest BCUT2D eigenvalue weighted by molar-refractivity contribution is 4.82. The Balaban J connectivity index is 2.29. The van der Waals surface area contributed by atoms with E-state index >= 15 is 0 Å². The number of aliphatic hydroxyl groups is 1. The zero-order chi connectivity index (χ0) is 8.97. The van der Waals surface area contributed by atoms with E-state index < -0.39 is 0 Å². The number of hydrogen-bond donors (Lipinski definition) is 1. The maximum atomic E-state index is 8.84. The van der Waals surface area contributed by atoms with Crippen LogP contribution in [0.15, 0.2) is 5.11 Å². The van der Waals surface area contributed by atoms with Crippen molar-refractivity contribution in [3.8, 4) is 0 Å². The molecule has 1 saturated carbocycles. The second-order valence-electron chi connectivity index (χ2n) is 3.59. The minimum Gasteiger partial charge on any atom is -0.396 e. The molecule has 0 aromatic carbocycles. The molecule has 1 aliphatic carbocycles. The van der Waals surface area contributed by atoms with Crippen LogP contribution >= 0.6 is 0 Å². The van der Waals surface area contributed by atoms with Gasteiger partial charge >= 0.3 is 0 Å². The highest BCUT2D eigenvalue weighted by atomic mass is 16.3. The van der Waals surface area contributed by atoms with Crippen LogP contribution in [0, 0.1) is 11.8 Å². The molecule has 0 radical (unpaired) electrons. The van der Waals surface area contributed by atoms with Crippen molar-refractivity contribution in [1.29, 1.82) is 0 Å². The first-order chi connectivity index (χ1) is 5.77. The van der Waals surface area contributed by atoms with Gasteiger partial charge in [-0.3, -0.25) is 0 Å². The van der Waals surface area contributed by atoms with Gasteiger partial charge in [0.1, 0.15) is 0 Å². The lowest BCUT2D eigenvalue weighted by Crippen LogP contribution is -2.14. The average molecular weight is 169 g/mol. The zero-order valence-electron chi connectivity index (χ0n) is 7.35. The molecule has 4 nitrogen and oxygen atoms in total. The van der Waals surface area contributed by atoms with Gasteiger partial charge in [-0.25, -0.2) is 0 Å². The second-order valence-corrected chi connectivity index (χ2v) is 3.59. The van der Waals surface area contributed by atoms with Gasteiger partial charge in [0.25, 0.3) is 0 Å². The van der Waals surface area contributed by atoms with Crippen LogP contribution in [0.1, 0.15) is 26.2 Å². The highest BCUT2D eigenvalue weighted by Crippen LogP contribution is 2.38. The summed E-state index contributed by atoms with van der Waals surface area (Å²) in [6, 6.07) is -0.217. The zero-order valence-corrected chi connectivity index (χ0v) is 7.35. The normalized spacial score (nSPS) is 21.2. The maximum absolute atomic E-state index is 8.84. The van der Waals surface area contributed by atoms with Gasteiger partial charge in [0, 0.05) is 4.91 Å². The van der Waals surface area contributed by atoms with Crippen molar-refractivity contribution >= 4 is 0 Å². The Bertz CT molecular complexity index is 185.